The van der Waals surface area contributed by atoms with Gasteiger partial charge < -0.3 is 0 Å². The summed E-state index contributed by atoms with van der Waals surface area (Å²) < 4.78 is 13.7. The first kappa shape index (κ1) is 14.1. The fraction of sp³-hybridized carbons (Fsp3) is 0. The maximum absolute atomic E-state index is 13.7. The first-order valence-electron chi connectivity index (χ1n) is 6.09. The number of halogens is 2. The molecule has 2 heterocycles. The highest BCUT2D eigenvalue weighted by molar-refractivity contribution is 6.33. The van der Waals surface area contributed by atoms with Crippen molar-refractivity contribution in [2.24, 2.45) is 0 Å². The number of hydrogen-bond acceptors (Lipinski definition) is 5. The molecule has 0 bridgehead atoms. The van der Waals surface area contributed by atoms with Crippen LogP contribution >= 0.6 is 11.6 Å². The van der Waals surface area contributed by atoms with E-state index in [0.29, 0.717) is 0 Å². The number of aromatic amines is 1. The molecule has 2 aromatic heterocycles. The Balaban J connectivity index is 1.82. The van der Waals surface area contributed by atoms with Crippen LogP contribution < -0.4 is 5.32 Å². The van der Waals surface area contributed by atoms with Crippen molar-refractivity contribution in [3.05, 3.63) is 53.3 Å². The summed E-state index contributed by atoms with van der Waals surface area (Å²) in [7, 11) is 0. The Kier molecular flexibility index (Phi) is 3.75. The number of carbonyl (C=O) groups is 1. The van der Waals surface area contributed by atoms with Crippen LogP contribution in [-0.4, -0.2) is 31.1 Å². The third-order valence-corrected chi connectivity index (χ3v) is 3.00. The summed E-state index contributed by atoms with van der Waals surface area (Å²) >= 11 is 5.82. The van der Waals surface area contributed by atoms with Crippen LogP contribution in [0.15, 0.2) is 36.8 Å². The molecule has 0 fully saturated rings. The van der Waals surface area contributed by atoms with Gasteiger partial charge in [-0.05, 0) is 12.1 Å². The van der Waals surface area contributed by atoms with E-state index in [2.05, 4.69) is 30.5 Å². The number of anilines is 1. The number of rotatable bonds is 3. The number of nitrogens with one attached hydrogen (secondary N) is 2. The summed E-state index contributed by atoms with van der Waals surface area (Å²) in [4.78, 5) is 23.5. The van der Waals surface area contributed by atoms with Crippen LogP contribution in [0.25, 0.3) is 11.4 Å². The molecule has 9 heteroatoms. The van der Waals surface area contributed by atoms with Gasteiger partial charge in [0.15, 0.2) is 11.5 Å². The molecule has 2 N–H and O–H groups in total. The Labute approximate surface area is 128 Å². The molecule has 3 aromatic rings. The van der Waals surface area contributed by atoms with E-state index >= 15 is 0 Å². The van der Waals surface area contributed by atoms with E-state index in [9.17, 15) is 9.18 Å². The van der Waals surface area contributed by atoms with Crippen molar-refractivity contribution in [3.8, 4) is 11.4 Å². The lowest BCUT2D eigenvalue weighted by atomic mass is 10.2. The zero-order valence-corrected chi connectivity index (χ0v) is 11.7. The number of H-pyrrole nitrogens is 1. The monoisotopic (exact) mass is 318 g/mol. The molecule has 0 spiro atoms. The van der Waals surface area contributed by atoms with Gasteiger partial charge in [-0.3, -0.25) is 15.2 Å². The Morgan fingerprint density at radius 3 is 2.91 bits per heavy atom. The average molecular weight is 319 g/mol. The van der Waals surface area contributed by atoms with Crippen molar-refractivity contribution >= 4 is 23.5 Å². The van der Waals surface area contributed by atoms with Crippen molar-refractivity contribution in [1.29, 1.82) is 0 Å². The van der Waals surface area contributed by atoms with Gasteiger partial charge in [-0.25, -0.2) is 14.4 Å². The average Bonchev–Trinajstić information content (AvgIpc) is 2.96. The number of benzene rings is 1. The quantitative estimate of drug-likeness (QED) is 0.772. The number of hydrogen-bond donors (Lipinski definition) is 2. The van der Waals surface area contributed by atoms with Crippen LogP contribution in [0.4, 0.5) is 10.3 Å². The fourth-order valence-corrected chi connectivity index (χ4v) is 1.92. The van der Waals surface area contributed by atoms with Gasteiger partial charge in [0.2, 0.25) is 5.95 Å². The Hall–Kier alpha value is -2.87. The lowest BCUT2D eigenvalue weighted by molar-refractivity contribution is 0.102. The molecule has 7 nitrogen and oxygen atoms in total. The topological polar surface area (TPSA) is 96.5 Å². The van der Waals surface area contributed by atoms with Gasteiger partial charge in [0.25, 0.3) is 5.91 Å². The Morgan fingerprint density at radius 2 is 2.14 bits per heavy atom. The van der Waals surface area contributed by atoms with Crippen molar-refractivity contribution < 1.29 is 9.18 Å². The second-order valence-corrected chi connectivity index (χ2v) is 4.57. The van der Waals surface area contributed by atoms with E-state index in [1.807, 2.05) is 0 Å². The molecule has 0 saturated heterocycles. The van der Waals surface area contributed by atoms with Crippen molar-refractivity contribution in [3.63, 3.8) is 0 Å². The van der Waals surface area contributed by atoms with Crippen molar-refractivity contribution in [2.45, 2.75) is 0 Å². The number of carbonyl (C=O) groups excluding carboxylic acids is 1. The second-order valence-electron chi connectivity index (χ2n) is 4.16. The van der Waals surface area contributed by atoms with Gasteiger partial charge in [0, 0.05) is 6.20 Å². The van der Waals surface area contributed by atoms with Gasteiger partial charge in [0.05, 0.1) is 10.6 Å². The van der Waals surface area contributed by atoms with E-state index in [0.717, 1.165) is 0 Å². The standard InChI is InChI=1S/C13H8ClFN6O/c14-8-5-16-6-17-10(8)12(22)19-13-18-11(20-21-13)7-3-1-2-4-9(7)15/h1-6H,(H2,18,19,20,21,22). The number of nitrogens with zero attached hydrogens (tertiary/aromatic N) is 4. The maximum atomic E-state index is 13.7. The molecule has 1 amide bonds. The predicted molar refractivity (Wildman–Crippen MR) is 76.8 cm³/mol. The fourth-order valence-electron chi connectivity index (χ4n) is 1.73. The van der Waals surface area contributed by atoms with E-state index in [-0.39, 0.29) is 28.1 Å². The highest BCUT2D eigenvalue weighted by atomic mass is 35.5. The van der Waals surface area contributed by atoms with Gasteiger partial charge in [-0.1, -0.05) is 23.7 Å². The van der Waals surface area contributed by atoms with Gasteiger partial charge >= 0.3 is 0 Å². The lowest BCUT2D eigenvalue weighted by Crippen LogP contribution is -2.15. The van der Waals surface area contributed by atoms with Crippen LogP contribution in [0.3, 0.4) is 0 Å². The second kappa shape index (κ2) is 5.86. The maximum Gasteiger partial charge on any atom is 0.278 e. The predicted octanol–water partition coefficient (Wildman–Crippen LogP) is 2.31. The minimum absolute atomic E-state index is 0.00564. The Morgan fingerprint density at radius 1 is 1.32 bits per heavy atom. The molecule has 1 aromatic carbocycles. The van der Waals surface area contributed by atoms with E-state index in [1.54, 1.807) is 18.2 Å². The molecule has 0 unspecified atom stereocenters. The van der Waals surface area contributed by atoms with Crippen LogP contribution in [0, 0.1) is 5.82 Å². The summed E-state index contributed by atoms with van der Waals surface area (Å²) in [5.74, 6) is -0.859. The molecular formula is C13H8ClFN6O. The molecule has 0 atom stereocenters. The highest BCUT2D eigenvalue weighted by Gasteiger charge is 2.15. The van der Waals surface area contributed by atoms with Crippen LogP contribution in [-0.2, 0) is 0 Å². The molecule has 0 aliphatic rings. The molecule has 110 valence electrons. The molecule has 3 rings (SSSR count). The summed E-state index contributed by atoms with van der Waals surface area (Å²) in [6.07, 6.45) is 2.50. The van der Waals surface area contributed by atoms with Gasteiger partial charge in [-0.15, -0.1) is 5.10 Å². The highest BCUT2D eigenvalue weighted by Crippen LogP contribution is 2.19. The molecule has 22 heavy (non-hydrogen) atoms. The smallest absolute Gasteiger partial charge is 0.278 e. The first-order valence-corrected chi connectivity index (χ1v) is 6.47. The van der Waals surface area contributed by atoms with Crippen LogP contribution in [0.5, 0.6) is 0 Å². The normalized spacial score (nSPS) is 10.5. The van der Waals surface area contributed by atoms with E-state index < -0.39 is 11.7 Å². The summed E-state index contributed by atoms with van der Waals surface area (Å²) in [6, 6.07) is 6.08. The first-order chi connectivity index (χ1) is 10.6. The summed E-state index contributed by atoms with van der Waals surface area (Å²) in [6.45, 7) is 0. The Bertz CT molecular complexity index is 837. The van der Waals surface area contributed by atoms with Gasteiger partial charge in [-0.2, -0.15) is 4.98 Å². The summed E-state index contributed by atoms with van der Waals surface area (Å²) in [5, 5.41) is 8.88. The van der Waals surface area contributed by atoms with E-state index in [1.165, 1.54) is 18.6 Å². The van der Waals surface area contributed by atoms with E-state index in [4.69, 9.17) is 11.6 Å². The lowest BCUT2D eigenvalue weighted by Gasteiger charge is -2.01. The molecule has 0 saturated carbocycles. The third-order valence-electron chi connectivity index (χ3n) is 2.72. The number of amides is 1. The van der Waals surface area contributed by atoms with Crippen LogP contribution in [0.1, 0.15) is 10.5 Å². The third kappa shape index (κ3) is 2.77. The van der Waals surface area contributed by atoms with Gasteiger partial charge in [0.1, 0.15) is 12.1 Å². The molecular weight excluding hydrogens is 311 g/mol. The number of aromatic nitrogens is 5. The van der Waals surface area contributed by atoms with Crippen molar-refractivity contribution in [2.75, 3.05) is 5.32 Å². The molecule has 0 radical (unpaired) electrons. The molecule has 0 aliphatic carbocycles. The largest absolute Gasteiger partial charge is 0.288 e. The van der Waals surface area contributed by atoms with Crippen LogP contribution in [0.2, 0.25) is 5.02 Å². The summed E-state index contributed by atoms with van der Waals surface area (Å²) in [5.41, 5.74) is 0.240. The zero-order valence-electron chi connectivity index (χ0n) is 10.9. The zero-order chi connectivity index (χ0) is 15.5. The SMILES string of the molecule is O=C(Nc1n[nH]c(-c2ccccc2F)n1)c1ncncc1Cl. The minimum Gasteiger partial charge on any atom is -0.288 e. The minimum atomic E-state index is -0.591. The molecule has 0 aliphatic heterocycles. The van der Waals surface area contributed by atoms with Crippen molar-refractivity contribution in [1.82, 2.24) is 25.1 Å².